The molecule has 7 nitrogen and oxygen atoms in total. The smallest absolute Gasteiger partial charge is 0.230 e. The van der Waals surface area contributed by atoms with E-state index < -0.39 is 0 Å². The van der Waals surface area contributed by atoms with Gasteiger partial charge in [-0.25, -0.2) is 9.97 Å². The van der Waals surface area contributed by atoms with Crippen LogP contribution in [0.15, 0.2) is 35.6 Å². The molecule has 3 heterocycles. The molecule has 3 aromatic heterocycles. The van der Waals surface area contributed by atoms with E-state index in [-0.39, 0.29) is 6.61 Å². The van der Waals surface area contributed by atoms with E-state index in [9.17, 15) is 0 Å². The van der Waals surface area contributed by atoms with Gasteiger partial charge in [-0.15, -0.1) is 0 Å². The van der Waals surface area contributed by atoms with Gasteiger partial charge in [0.25, 0.3) is 0 Å². The van der Waals surface area contributed by atoms with Crippen LogP contribution in [-0.4, -0.2) is 37.9 Å². The number of hydrogen-bond donors (Lipinski definition) is 2. The topological polar surface area (TPSA) is 88.2 Å². The van der Waals surface area contributed by atoms with Gasteiger partial charge in [-0.1, -0.05) is 18.9 Å². The molecule has 0 saturated heterocycles. The molecule has 26 heavy (non-hydrogen) atoms. The molecule has 1 aliphatic rings. The highest BCUT2D eigenvalue weighted by molar-refractivity contribution is 5.89. The SMILES string of the molecule is CN=Cc1cc2cnc(Nc3ccc(CO)cn3)nc2n1C1CCCC1. The zero-order chi connectivity index (χ0) is 17.9. The van der Waals surface area contributed by atoms with Gasteiger partial charge in [-0.05, 0) is 30.5 Å². The first-order valence-corrected chi connectivity index (χ1v) is 8.91. The summed E-state index contributed by atoms with van der Waals surface area (Å²) in [6.45, 7) is -0.0214. The Labute approximate surface area is 151 Å². The van der Waals surface area contributed by atoms with Crippen LogP contribution >= 0.6 is 0 Å². The number of rotatable bonds is 5. The summed E-state index contributed by atoms with van der Waals surface area (Å²) in [6, 6.07) is 6.19. The van der Waals surface area contributed by atoms with Gasteiger partial charge in [0.1, 0.15) is 11.5 Å². The second-order valence-corrected chi connectivity index (χ2v) is 6.57. The molecule has 7 heteroatoms. The number of pyridine rings is 1. The molecule has 0 amide bonds. The number of aliphatic hydroxyl groups excluding tert-OH is 1. The van der Waals surface area contributed by atoms with Gasteiger partial charge in [-0.2, -0.15) is 4.98 Å². The average Bonchev–Trinajstić information content (AvgIpc) is 3.29. The molecule has 134 valence electrons. The zero-order valence-electron chi connectivity index (χ0n) is 14.8. The third-order valence-corrected chi connectivity index (χ3v) is 4.80. The zero-order valence-corrected chi connectivity index (χ0v) is 14.8. The Hall–Kier alpha value is -2.80. The van der Waals surface area contributed by atoms with Crippen LogP contribution in [0.3, 0.4) is 0 Å². The molecule has 0 bridgehead atoms. The Morgan fingerprint density at radius 2 is 2.12 bits per heavy atom. The molecule has 1 fully saturated rings. The molecule has 1 saturated carbocycles. The maximum atomic E-state index is 9.12. The summed E-state index contributed by atoms with van der Waals surface area (Å²) in [5.74, 6) is 1.16. The van der Waals surface area contributed by atoms with Crippen LogP contribution in [0.2, 0.25) is 0 Å². The molecule has 0 atom stereocenters. The fourth-order valence-electron chi connectivity index (χ4n) is 3.57. The van der Waals surface area contributed by atoms with Crippen molar-refractivity contribution in [3.05, 3.63) is 41.9 Å². The van der Waals surface area contributed by atoms with E-state index in [1.807, 2.05) is 24.5 Å². The van der Waals surface area contributed by atoms with Gasteiger partial charge >= 0.3 is 0 Å². The van der Waals surface area contributed by atoms with Crippen LogP contribution < -0.4 is 5.32 Å². The summed E-state index contributed by atoms with van der Waals surface area (Å²) in [6.07, 6.45) is 10.2. The van der Waals surface area contributed by atoms with Crippen molar-refractivity contribution in [1.29, 1.82) is 0 Å². The fraction of sp³-hybridized carbons (Fsp3) is 0.368. The molecule has 0 radical (unpaired) electrons. The van der Waals surface area contributed by atoms with Crippen LogP contribution in [0.5, 0.6) is 0 Å². The van der Waals surface area contributed by atoms with Gasteiger partial charge in [0.15, 0.2) is 0 Å². The molecule has 0 unspecified atom stereocenters. The average molecular weight is 350 g/mol. The fourth-order valence-corrected chi connectivity index (χ4v) is 3.57. The third kappa shape index (κ3) is 3.17. The maximum Gasteiger partial charge on any atom is 0.230 e. The van der Waals surface area contributed by atoms with E-state index in [2.05, 4.69) is 30.9 Å². The first-order valence-electron chi connectivity index (χ1n) is 8.91. The second kappa shape index (κ2) is 7.21. The number of fused-ring (bicyclic) bond motifs is 1. The Morgan fingerprint density at radius 3 is 2.81 bits per heavy atom. The van der Waals surface area contributed by atoms with Gasteiger partial charge in [-0.3, -0.25) is 4.99 Å². The van der Waals surface area contributed by atoms with Crippen molar-refractivity contribution in [3.8, 4) is 0 Å². The van der Waals surface area contributed by atoms with Crippen LogP contribution in [-0.2, 0) is 6.61 Å². The number of aliphatic imine (C=N–C) groups is 1. The number of aliphatic hydroxyl groups is 1. The van der Waals surface area contributed by atoms with Gasteiger partial charge < -0.3 is 15.0 Å². The van der Waals surface area contributed by atoms with Crippen molar-refractivity contribution in [3.63, 3.8) is 0 Å². The molecule has 1 aliphatic carbocycles. The molecule has 4 rings (SSSR count). The minimum Gasteiger partial charge on any atom is -0.392 e. The van der Waals surface area contributed by atoms with Crippen molar-refractivity contribution in [2.24, 2.45) is 4.99 Å². The Kier molecular flexibility index (Phi) is 4.62. The van der Waals surface area contributed by atoms with Crippen LogP contribution in [0, 0.1) is 0 Å². The number of hydrogen-bond acceptors (Lipinski definition) is 6. The summed E-state index contributed by atoms with van der Waals surface area (Å²) in [4.78, 5) is 17.6. The predicted molar refractivity (Wildman–Crippen MR) is 102 cm³/mol. The second-order valence-electron chi connectivity index (χ2n) is 6.57. The lowest BCUT2D eigenvalue weighted by atomic mass is 10.2. The quantitative estimate of drug-likeness (QED) is 0.690. The minimum absolute atomic E-state index is 0.0214. The van der Waals surface area contributed by atoms with Crippen LogP contribution in [0.1, 0.15) is 43.0 Å². The number of anilines is 2. The van der Waals surface area contributed by atoms with Crippen LogP contribution in [0.4, 0.5) is 11.8 Å². The van der Waals surface area contributed by atoms with Crippen molar-refractivity contribution in [2.45, 2.75) is 38.3 Å². The predicted octanol–water partition coefficient (Wildman–Crippen LogP) is 3.23. The van der Waals surface area contributed by atoms with Crippen LogP contribution in [0.25, 0.3) is 11.0 Å². The van der Waals surface area contributed by atoms with E-state index in [1.165, 1.54) is 25.7 Å². The van der Waals surface area contributed by atoms with Crippen molar-refractivity contribution in [1.82, 2.24) is 19.5 Å². The lowest BCUT2D eigenvalue weighted by Crippen LogP contribution is -2.10. The normalized spacial score (nSPS) is 15.3. The summed E-state index contributed by atoms with van der Waals surface area (Å²) in [5.41, 5.74) is 2.77. The van der Waals surface area contributed by atoms with E-state index in [1.54, 1.807) is 13.2 Å². The van der Waals surface area contributed by atoms with E-state index in [0.717, 1.165) is 22.3 Å². The highest BCUT2D eigenvalue weighted by Gasteiger charge is 2.22. The largest absolute Gasteiger partial charge is 0.392 e. The number of nitrogens with zero attached hydrogens (tertiary/aromatic N) is 5. The summed E-state index contributed by atoms with van der Waals surface area (Å²) < 4.78 is 2.30. The minimum atomic E-state index is -0.0214. The van der Waals surface area contributed by atoms with Gasteiger partial charge in [0.05, 0.1) is 12.3 Å². The summed E-state index contributed by atoms with van der Waals surface area (Å²) >= 11 is 0. The Balaban J connectivity index is 1.71. The summed E-state index contributed by atoms with van der Waals surface area (Å²) in [7, 11) is 1.79. The molecule has 3 aromatic rings. The molecule has 2 N–H and O–H groups in total. The maximum absolute atomic E-state index is 9.12. The lowest BCUT2D eigenvalue weighted by molar-refractivity contribution is 0.281. The molecule has 0 spiro atoms. The van der Waals surface area contributed by atoms with E-state index in [4.69, 9.17) is 10.1 Å². The van der Waals surface area contributed by atoms with E-state index in [0.29, 0.717) is 17.8 Å². The first-order chi connectivity index (χ1) is 12.8. The number of aromatic nitrogens is 4. The van der Waals surface area contributed by atoms with Crippen molar-refractivity contribution in [2.75, 3.05) is 12.4 Å². The highest BCUT2D eigenvalue weighted by Crippen LogP contribution is 2.34. The summed E-state index contributed by atoms with van der Waals surface area (Å²) in [5, 5.41) is 13.3. The first kappa shape index (κ1) is 16.7. The molecular weight excluding hydrogens is 328 g/mol. The van der Waals surface area contributed by atoms with Crippen molar-refractivity contribution < 1.29 is 5.11 Å². The van der Waals surface area contributed by atoms with Gasteiger partial charge in [0, 0.05) is 37.1 Å². The third-order valence-electron chi connectivity index (χ3n) is 4.80. The monoisotopic (exact) mass is 350 g/mol. The number of nitrogens with one attached hydrogen (secondary N) is 1. The molecule has 0 aromatic carbocycles. The Morgan fingerprint density at radius 1 is 1.27 bits per heavy atom. The Bertz CT molecular complexity index is 925. The molecular formula is C19H22N6O. The molecule has 0 aliphatic heterocycles. The standard InChI is InChI=1S/C19H22N6O/c1-20-11-16-8-14-10-22-19(23-17-7-6-13(12-26)9-21-17)24-18(14)25(16)15-4-2-3-5-15/h6-11,15,26H,2-5,12H2,1H3,(H,21,22,23,24). The van der Waals surface area contributed by atoms with Gasteiger partial charge in [0.2, 0.25) is 5.95 Å². The highest BCUT2D eigenvalue weighted by atomic mass is 16.3. The van der Waals surface area contributed by atoms with Crippen molar-refractivity contribution >= 4 is 29.0 Å². The van der Waals surface area contributed by atoms with E-state index >= 15 is 0 Å². The lowest BCUT2D eigenvalue weighted by Gasteiger charge is -2.15.